The van der Waals surface area contributed by atoms with E-state index in [0.29, 0.717) is 11.7 Å². The number of nitrogens with two attached hydrogens (primary N) is 1. The molecule has 0 bridgehead atoms. The maximum Gasteiger partial charge on any atom is 0.251 e. The largest absolute Gasteiger partial charge is 0.337 e. The van der Waals surface area contributed by atoms with Crippen molar-refractivity contribution in [3.05, 3.63) is 47.6 Å². The first-order valence-electron chi connectivity index (χ1n) is 5.32. The molecule has 16 heavy (non-hydrogen) atoms. The number of rotatable bonds is 3. The van der Waals surface area contributed by atoms with Crippen LogP contribution >= 0.6 is 0 Å². The van der Waals surface area contributed by atoms with Crippen molar-refractivity contribution in [3.63, 3.8) is 0 Å². The normalized spacial score (nSPS) is 14.7. The quantitative estimate of drug-likeness (QED) is 0.852. The van der Waals surface area contributed by atoms with E-state index in [2.05, 4.69) is 10.1 Å². The molecule has 0 saturated heterocycles. The summed E-state index contributed by atoms with van der Waals surface area (Å²) < 4.78 is 5.19. The second-order valence-electron chi connectivity index (χ2n) is 3.94. The fraction of sp³-hybridized carbons (Fsp3) is 0.333. The summed E-state index contributed by atoms with van der Waals surface area (Å²) in [5.74, 6) is 1.14. The Morgan fingerprint density at radius 3 is 2.56 bits per heavy atom. The maximum absolute atomic E-state index is 6.23. The molecule has 0 saturated carbocycles. The molecule has 84 valence electrons. The summed E-state index contributed by atoms with van der Waals surface area (Å²) in [6.45, 7) is 3.85. The molecule has 0 spiro atoms. The van der Waals surface area contributed by atoms with Gasteiger partial charge in [0.2, 0.25) is 0 Å². The smallest absolute Gasteiger partial charge is 0.251 e. The number of aromatic nitrogens is 2. The van der Waals surface area contributed by atoms with Crippen LogP contribution in [-0.2, 0) is 12.0 Å². The molecular weight excluding hydrogens is 202 g/mol. The van der Waals surface area contributed by atoms with Crippen LogP contribution < -0.4 is 5.73 Å². The Morgan fingerprint density at radius 1 is 1.31 bits per heavy atom. The first-order chi connectivity index (χ1) is 7.64. The van der Waals surface area contributed by atoms with Gasteiger partial charge in [-0.15, -0.1) is 0 Å². The minimum absolute atomic E-state index is 0.454. The van der Waals surface area contributed by atoms with E-state index in [1.54, 1.807) is 0 Å². The Kier molecular flexibility index (Phi) is 2.75. The first-order valence-corrected chi connectivity index (χ1v) is 5.32. The van der Waals surface area contributed by atoms with Crippen LogP contribution in [0.4, 0.5) is 0 Å². The van der Waals surface area contributed by atoms with Gasteiger partial charge >= 0.3 is 0 Å². The van der Waals surface area contributed by atoms with E-state index >= 15 is 0 Å². The van der Waals surface area contributed by atoms with Gasteiger partial charge < -0.3 is 10.3 Å². The Labute approximate surface area is 94.5 Å². The Balaban J connectivity index is 2.38. The summed E-state index contributed by atoms with van der Waals surface area (Å²) in [6, 6.07) is 9.74. The highest BCUT2D eigenvalue weighted by Gasteiger charge is 2.30. The van der Waals surface area contributed by atoms with Gasteiger partial charge in [-0.2, -0.15) is 4.98 Å². The third kappa shape index (κ3) is 1.84. The van der Waals surface area contributed by atoms with Gasteiger partial charge in [-0.1, -0.05) is 42.4 Å². The predicted octanol–water partition coefficient (Wildman–Crippen LogP) is 1.85. The van der Waals surface area contributed by atoms with Crippen molar-refractivity contribution in [1.29, 1.82) is 0 Å². The average Bonchev–Trinajstić information content (AvgIpc) is 2.79. The summed E-state index contributed by atoms with van der Waals surface area (Å²) in [4.78, 5) is 4.27. The van der Waals surface area contributed by atoms with Crippen LogP contribution in [0.3, 0.4) is 0 Å². The zero-order valence-corrected chi connectivity index (χ0v) is 9.47. The molecule has 4 heteroatoms. The number of aryl methyl sites for hydroxylation is 1. The van der Waals surface area contributed by atoms with Crippen LogP contribution in [0.5, 0.6) is 0 Å². The molecule has 2 rings (SSSR count). The summed E-state index contributed by atoms with van der Waals surface area (Å²) in [5.41, 5.74) is 6.46. The van der Waals surface area contributed by atoms with Crippen molar-refractivity contribution in [2.75, 3.05) is 0 Å². The zero-order chi connectivity index (χ0) is 11.6. The molecule has 0 aliphatic heterocycles. The number of nitrogens with zero attached hydrogens (tertiary/aromatic N) is 2. The SMILES string of the molecule is CCc1noc(C(C)(N)c2ccccc2)n1. The summed E-state index contributed by atoms with van der Waals surface area (Å²) in [5, 5.41) is 3.86. The van der Waals surface area contributed by atoms with Crippen LogP contribution in [0, 0.1) is 0 Å². The highest BCUT2D eigenvalue weighted by molar-refractivity contribution is 5.28. The minimum atomic E-state index is -0.734. The van der Waals surface area contributed by atoms with Crippen molar-refractivity contribution in [1.82, 2.24) is 10.1 Å². The molecule has 2 N–H and O–H groups in total. The molecule has 1 aromatic carbocycles. The van der Waals surface area contributed by atoms with Gasteiger partial charge in [-0.3, -0.25) is 0 Å². The predicted molar refractivity (Wildman–Crippen MR) is 60.8 cm³/mol. The molecule has 1 atom stereocenters. The van der Waals surface area contributed by atoms with Gasteiger partial charge in [-0.25, -0.2) is 0 Å². The third-order valence-corrected chi connectivity index (χ3v) is 2.60. The molecule has 4 nitrogen and oxygen atoms in total. The molecule has 1 aromatic heterocycles. The molecule has 0 aliphatic carbocycles. The average molecular weight is 217 g/mol. The fourth-order valence-electron chi connectivity index (χ4n) is 1.52. The van der Waals surface area contributed by atoms with Crippen LogP contribution in [-0.4, -0.2) is 10.1 Å². The van der Waals surface area contributed by atoms with Crippen molar-refractivity contribution >= 4 is 0 Å². The summed E-state index contributed by atoms with van der Waals surface area (Å²) >= 11 is 0. The molecule has 1 heterocycles. The second-order valence-corrected chi connectivity index (χ2v) is 3.94. The molecule has 2 aromatic rings. The van der Waals surface area contributed by atoms with Gasteiger partial charge in [0.1, 0.15) is 5.54 Å². The molecule has 0 fully saturated rings. The lowest BCUT2D eigenvalue weighted by atomic mass is 9.93. The van der Waals surface area contributed by atoms with Gasteiger partial charge in [-0.05, 0) is 12.5 Å². The van der Waals surface area contributed by atoms with Crippen LogP contribution in [0.1, 0.15) is 31.1 Å². The van der Waals surface area contributed by atoms with E-state index < -0.39 is 5.54 Å². The molecule has 0 amide bonds. The lowest BCUT2D eigenvalue weighted by Crippen LogP contribution is -2.34. The van der Waals surface area contributed by atoms with Gasteiger partial charge in [0.25, 0.3) is 5.89 Å². The number of benzene rings is 1. The summed E-state index contributed by atoms with van der Waals surface area (Å²) in [7, 11) is 0. The Morgan fingerprint density at radius 2 is 2.00 bits per heavy atom. The molecule has 0 aliphatic rings. The standard InChI is InChI=1S/C12H15N3O/c1-3-10-14-11(16-15-10)12(2,13)9-7-5-4-6-8-9/h4-8H,3,13H2,1-2H3. The van der Waals surface area contributed by atoms with Crippen LogP contribution in [0.2, 0.25) is 0 Å². The lowest BCUT2D eigenvalue weighted by Gasteiger charge is -2.20. The van der Waals surface area contributed by atoms with E-state index in [-0.39, 0.29) is 0 Å². The Hall–Kier alpha value is -1.68. The van der Waals surface area contributed by atoms with Crippen LogP contribution in [0.25, 0.3) is 0 Å². The highest BCUT2D eigenvalue weighted by Crippen LogP contribution is 2.24. The van der Waals surface area contributed by atoms with Crippen molar-refractivity contribution in [2.24, 2.45) is 5.73 Å². The molecular formula is C12H15N3O. The topological polar surface area (TPSA) is 64.9 Å². The molecule has 0 radical (unpaired) electrons. The zero-order valence-electron chi connectivity index (χ0n) is 9.47. The Bertz CT molecular complexity index is 462. The first kappa shape index (κ1) is 10.8. The van der Waals surface area contributed by atoms with E-state index in [9.17, 15) is 0 Å². The minimum Gasteiger partial charge on any atom is -0.337 e. The van der Waals surface area contributed by atoms with Gasteiger partial charge in [0.05, 0.1) is 0 Å². The van der Waals surface area contributed by atoms with E-state index in [1.807, 2.05) is 44.2 Å². The summed E-state index contributed by atoms with van der Waals surface area (Å²) in [6.07, 6.45) is 0.744. The van der Waals surface area contributed by atoms with E-state index in [0.717, 1.165) is 12.0 Å². The highest BCUT2D eigenvalue weighted by atomic mass is 16.5. The fourth-order valence-corrected chi connectivity index (χ4v) is 1.52. The monoisotopic (exact) mass is 217 g/mol. The third-order valence-electron chi connectivity index (χ3n) is 2.60. The van der Waals surface area contributed by atoms with Gasteiger partial charge in [0, 0.05) is 6.42 Å². The van der Waals surface area contributed by atoms with Crippen molar-refractivity contribution in [2.45, 2.75) is 25.8 Å². The lowest BCUT2D eigenvalue weighted by molar-refractivity contribution is 0.323. The van der Waals surface area contributed by atoms with Crippen molar-refractivity contribution in [3.8, 4) is 0 Å². The molecule has 1 unspecified atom stereocenters. The van der Waals surface area contributed by atoms with Crippen molar-refractivity contribution < 1.29 is 4.52 Å². The number of hydrogen-bond donors (Lipinski definition) is 1. The van der Waals surface area contributed by atoms with Crippen LogP contribution in [0.15, 0.2) is 34.9 Å². The number of hydrogen-bond acceptors (Lipinski definition) is 4. The maximum atomic E-state index is 6.23. The van der Waals surface area contributed by atoms with E-state index in [4.69, 9.17) is 10.3 Å². The second kappa shape index (κ2) is 4.06. The van der Waals surface area contributed by atoms with Gasteiger partial charge in [0.15, 0.2) is 5.82 Å². The van der Waals surface area contributed by atoms with E-state index in [1.165, 1.54) is 0 Å².